The van der Waals surface area contributed by atoms with E-state index in [-0.39, 0.29) is 5.56 Å². The number of aryl methyl sites for hydroxylation is 1. The second-order valence-corrected chi connectivity index (χ2v) is 3.16. The van der Waals surface area contributed by atoms with Crippen LogP contribution in [0.25, 0.3) is 0 Å². The molecule has 4 heteroatoms. The van der Waals surface area contributed by atoms with Gasteiger partial charge in [-0.05, 0) is 18.6 Å². The fourth-order valence-corrected chi connectivity index (χ4v) is 1.04. The summed E-state index contributed by atoms with van der Waals surface area (Å²) in [7, 11) is 0. The third-order valence-corrected chi connectivity index (χ3v) is 1.61. The molecular weight excluding hydrogens is 172 g/mol. The Morgan fingerprint density at radius 1 is 1.75 bits per heavy atom. The molecule has 0 aliphatic carbocycles. The zero-order valence-electron chi connectivity index (χ0n) is 6.78. The van der Waals surface area contributed by atoms with E-state index in [1.165, 1.54) is 4.57 Å². The smallest absolute Gasteiger partial charge is 0.251 e. The lowest BCUT2D eigenvalue weighted by Gasteiger charge is -2.02. The van der Waals surface area contributed by atoms with Crippen LogP contribution in [-0.4, -0.2) is 9.56 Å². The van der Waals surface area contributed by atoms with E-state index in [4.69, 9.17) is 5.73 Å². The first kappa shape index (κ1) is 8.93. The molecule has 0 aromatic carbocycles. The fourth-order valence-electron chi connectivity index (χ4n) is 0.905. The molecule has 0 amide bonds. The van der Waals surface area contributed by atoms with E-state index in [1.54, 1.807) is 12.3 Å². The van der Waals surface area contributed by atoms with Crippen molar-refractivity contribution in [3.8, 4) is 0 Å². The third kappa shape index (κ3) is 2.17. The molecule has 1 rings (SSSR count). The lowest BCUT2D eigenvalue weighted by atomic mass is 10.3. The molecule has 0 atom stereocenters. The minimum atomic E-state index is -0.0669. The Bertz CT molecular complexity index is 356. The largest absolute Gasteiger partial charge is 0.392 e. The van der Waals surface area contributed by atoms with E-state index in [1.807, 2.05) is 13.0 Å². The lowest BCUT2D eigenvalue weighted by Crippen LogP contribution is -2.25. The topological polar surface area (TPSA) is 48.0 Å². The molecule has 1 aromatic rings. The predicted octanol–water partition coefficient (Wildman–Crippen LogP) is 0.443. The average Bonchev–Trinajstić information content (AvgIpc) is 1.94. The summed E-state index contributed by atoms with van der Waals surface area (Å²) in [4.78, 5) is 11.5. The van der Waals surface area contributed by atoms with Gasteiger partial charge in [-0.1, -0.05) is 12.2 Å². The van der Waals surface area contributed by atoms with Gasteiger partial charge in [-0.3, -0.25) is 4.79 Å². The van der Waals surface area contributed by atoms with Gasteiger partial charge in [0.1, 0.15) is 0 Å². The van der Waals surface area contributed by atoms with Crippen molar-refractivity contribution < 1.29 is 0 Å². The Hall–Kier alpha value is -1.16. The number of nitrogens with two attached hydrogens (primary N) is 1. The summed E-state index contributed by atoms with van der Waals surface area (Å²) >= 11 is 4.69. The second-order valence-electron chi connectivity index (χ2n) is 2.64. The summed E-state index contributed by atoms with van der Waals surface area (Å²) in [5, 5.41) is 0. The minimum absolute atomic E-state index is 0.0669. The van der Waals surface area contributed by atoms with Crippen LogP contribution in [0.2, 0.25) is 0 Å². The molecular formula is C8H10N2OS. The van der Waals surface area contributed by atoms with Crippen molar-refractivity contribution in [2.75, 3.05) is 0 Å². The van der Waals surface area contributed by atoms with Crippen LogP contribution in [-0.2, 0) is 6.54 Å². The molecule has 0 saturated carbocycles. The van der Waals surface area contributed by atoms with Gasteiger partial charge in [-0.2, -0.15) is 0 Å². The fraction of sp³-hybridized carbons (Fsp3) is 0.250. The molecule has 2 N–H and O–H groups in total. The molecule has 0 unspecified atom stereocenters. The zero-order valence-corrected chi connectivity index (χ0v) is 7.60. The monoisotopic (exact) mass is 182 g/mol. The SMILES string of the molecule is Cc1ccn(CC(N)=S)c(=O)c1. The second kappa shape index (κ2) is 3.49. The van der Waals surface area contributed by atoms with Gasteiger partial charge in [0.2, 0.25) is 0 Å². The molecule has 0 aliphatic rings. The van der Waals surface area contributed by atoms with Crippen molar-refractivity contribution in [2.24, 2.45) is 5.73 Å². The van der Waals surface area contributed by atoms with Gasteiger partial charge in [0.25, 0.3) is 5.56 Å². The Balaban J connectivity index is 3.02. The highest BCUT2D eigenvalue weighted by Crippen LogP contribution is 1.90. The molecule has 64 valence electrons. The summed E-state index contributed by atoms with van der Waals surface area (Å²) in [5.74, 6) is 0. The maximum absolute atomic E-state index is 11.2. The van der Waals surface area contributed by atoms with Gasteiger partial charge in [-0.15, -0.1) is 0 Å². The van der Waals surface area contributed by atoms with Gasteiger partial charge in [0, 0.05) is 12.3 Å². The maximum Gasteiger partial charge on any atom is 0.251 e. The highest BCUT2D eigenvalue weighted by molar-refractivity contribution is 7.80. The van der Waals surface area contributed by atoms with E-state index in [2.05, 4.69) is 12.2 Å². The number of hydrogen-bond donors (Lipinski definition) is 1. The highest BCUT2D eigenvalue weighted by Gasteiger charge is 1.96. The van der Waals surface area contributed by atoms with Crippen molar-refractivity contribution in [1.29, 1.82) is 0 Å². The van der Waals surface area contributed by atoms with Crippen LogP contribution in [0.15, 0.2) is 23.1 Å². The molecule has 0 bridgehead atoms. The summed E-state index contributed by atoms with van der Waals surface area (Å²) in [5.41, 5.74) is 6.18. The van der Waals surface area contributed by atoms with Crippen LogP contribution in [0.4, 0.5) is 0 Å². The average molecular weight is 182 g/mol. The molecule has 0 saturated heterocycles. The van der Waals surface area contributed by atoms with Crippen molar-refractivity contribution in [3.63, 3.8) is 0 Å². The minimum Gasteiger partial charge on any atom is -0.392 e. The molecule has 0 radical (unpaired) electrons. The molecule has 1 aromatic heterocycles. The number of aromatic nitrogens is 1. The number of rotatable bonds is 2. The summed E-state index contributed by atoms with van der Waals surface area (Å²) in [6.45, 7) is 2.18. The first-order valence-electron chi connectivity index (χ1n) is 3.55. The van der Waals surface area contributed by atoms with Gasteiger partial charge in [-0.25, -0.2) is 0 Å². The number of thiocarbonyl (C=S) groups is 1. The first-order valence-corrected chi connectivity index (χ1v) is 3.96. The van der Waals surface area contributed by atoms with E-state index in [0.29, 0.717) is 11.5 Å². The number of pyridine rings is 1. The molecule has 1 heterocycles. The van der Waals surface area contributed by atoms with Crippen LogP contribution in [0, 0.1) is 6.92 Å². The Labute approximate surface area is 75.8 Å². The highest BCUT2D eigenvalue weighted by atomic mass is 32.1. The van der Waals surface area contributed by atoms with Crippen LogP contribution < -0.4 is 11.3 Å². The van der Waals surface area contributed by atoms with Gasteiger partial charge >= 0.3 is 0 Å². The quantitative estimate of drug-likeness (QED) is 0.675. The lowest BCUT2D eigenvalue weighted by molar-refractivity contribution is 0.805. The third-order valence-electron chi connectivity index (χ3n) is 1.48. The van der Waals surface area contributed by atoms with Gasteiger partial charge in [0.05, 0.1) is 11.5 Å². The molecule has 0 fully saturated rings. The van der Waals surface area contributed by atoms with Crippen LogP contribution >= 0.6 is 12.2 Å². The van der Waals surface area contributed by atoms with Gasteiger partial charge in [0.15, 0.2) is 0 Å². The summed E-state index contributed by atoms with van der Waals surface area (Å²) < 4.78 is 1.48. The maximum atomic E-state index is 11.2. The first-order chi connectivity index (χ1) is 5.59. The van der Waals surface area contributed by atoms with Crippen LogP contribution in [0.5, 0.6) is 0 Å². The standard InChI is InChI=1S/C8H10N2OS/c1-6-2-3-10(5-7(9)12)8(11)4-6/h2-4H,5H2,1H3,(H2,9,12). The van der Waals surface area contributed by atoms with Gasteiger partial charge < -0.3 is 10.3 Å². The van der Waals surface area contributed by atoms with E-state index in [9.17, 15) is 4.79 Å². The molecule has 12 heavy (non-hydrogen) atoms. The van der Waals surface area contributed by atoms with E-state index in [0.717, 1.165) is 5.56 Å². The molecule has 0 aliphatic heterocycles. The van der Waals surface area contributed by atoms with Crippen molar-refractivity contribution >= 4 is 17.2 Å². The van der Waals surface area contributed by atoms with Crippen molar-refractivity contribution in [2.45, 2.75) is 13.5 Å². The number of hydrogen-bond acceptors (Lipinski definition) is 2. The Morgan fingerprint density at radius 2 is 2.42 bits per heavy atom. The number of nitrogens with zero attached hydrogens (tertiary/aromatic N) is 1. The Kier molecular flexibility index (Phi) is 2.60. The van der Waals surface area contributed by atoms with Crippen molar-refractivity contribution in [3.05, 3.63) is 34.2 Å². The predicted molar refractivity (Wildman–Crippen MR) is 52.2 cm³/mol. The van der Waals surface area contributed by atoms with Crippen LogP contribution in [0.3, 0.4) is 0 Å². The Morgan fingerprint density at radius 3 is 2.92 bits per heavy atom. The summed E-state index contributed by atoms with van der Waals surface area (Å²) in [6.07, 6.45) is 1.69. The zero-order chi connectivity index (χ0) is 9.14. The van der Waals surface area contributed by atoms with E-state index < -0.39 is 0 Å². The normalized spacial score (nSPS) is 9.75. The molecule has 3 nitrogen and oxygen atoms in total. The summed E-state index contributed by atoms with van der Waals surface area (Å²) in [6, 6.07) is 3.40. The van der Waals surface area contributed by atoms with Crippen molar-refractivity contribution in [1.82, 2.24) is 4.57 Å². The van der Waals surface area contributed by atoms with E-state index >= 15 is 0 Å². The van der Waals surface area contributed by atoms with Crippen LogP contribution in [0.1, 0.15) is 5.56 Å². The molecule has 0 spiro atoms.